The van der Waals surface area contributed by atoms with Gasteiger partial charge in [0, 0.05) is 19.1 Å². The lowest BCUT2D eigenvalue weighted by Crippen LogP contribution is -2.45. The van der Waals surface area contributed by atoms with E-state index in [1.54, 1.807) is 0 Å². The van der Waals surface area contributed by atoms with Gasteiger partial charge in [0.1, 0.15) is 0 Å². The molecule has 1 N–H and O–H groups in total. The van der Waals surface area contributed by atoms with E-state index < -0.39 is 12.1 Å². The second kappa shape index (κ2) is 8.46. The van der Waals surface area contributed by atoms with E-state index in [1.807, 2.05) is 67.6 Å². The van der Waals surface area contributed by atoms with Gasteiger partial charge in [-0.15, -0.1) is 0 Å². The van der Waals surface area contributed by atoms with Crippen LogP contribution in [0.4, 0.5) is 0 Å². The normalized spacial score (nSPS) is 13.6. The number of carbonyl (C=O) groups excluding carboxylic acids is 1. The molecule has 0 heterocycles. The Balaban J connectivity index is 2.18. The lowest BCUT2D eigenvalue weighted by atomic mass is 10.1. The highest BCUT2D eigenvalue weighted by Gasteiger charge is 2.28. The number of aliphatic hydroxyl groups is 1. The smallest absolute Gasteiger partial charge is 0.336 e. The van der Waals surface area contributed by atoms with Gasteiger partial charge >= 0.3 is 5.97 Å². The topological polar surface area (TPSA) is 49.8 Å². The van der Waals surface area contributed by atoms with Crippen LogP contribution in [0.5, 0.6) is 0 Å². The van der Waals surface area contributed by atoms with Crippen molar-refractivity contribution in [2.24, 2.45) is 0 Å². The van der Waals surface area contributed by atoms with Gasteiger partial charge in [-0.25, -0.2) is 4.79 Å². The lowest BCUT2D eigenvalue weighted by Gasteiger charge is -2.31. The van der Waals surface area contributed by atoms with Crippen molar-refractivity contribution < 1.29 is 14.6 Å². The summed E-state index contributed by atoms with van der Waals surface area (Å²) in [5, 5.41) is 10.2. The summed E-state index contributed by atoms with van der Waals surface area (Å²) in [5.74, 6) is -0.608. The third-order valence-corrected chi connectivity index (χ3v) is 3.93. The summed E-state index contributed by atoms with van der Waals surface area (Å²) >= 11 is 0. The molecule has 23 heavy (non-hydrogen) atoms. The zero-order chi connectivity index (χ0) is 16.7. The first-order chi connectivity index (χ1) is 11.1. The monoisotopic (exact) mass is 313 g/mol. The van der Waals surface area contributed by atoms with Gasteiger partial charge < -0.3 is 9.84 Å². The van der Waals surface area contributed by atoms with E-state index in [9.17, 15) is 9.90 Å². The third kappa shape index (κ3) is 4.91. The molecule has 0 aromatic heterocycles. The van der Waals surface area contributed by atoms with Crippen LogP contribution < -0.4 is 0 Å². The summed E-state index contributed by atoms with van der Waals surface area (Å²) in [6.45, 7) is 3.13. The number of ether oxygens (including phenoxy) is 1. The first kappa shape index (κ1) is 17.2. The summed E-state index contributed by atoms with van der Waals surface area (Å²) in [5.41, 5.74) is 2.26. The molecule has 0 aliphatic heterocycles. The summed E-state index contributed by atoms with van der Waals surface area (Å²) in [6.07, 6.45) is -1.17. The maximum absolute atomic E-state index is 11.7. The highest BCUT2D eigenvalue weighted by Crippen LogP contribution is 2.16. The molecule has 4 heteroatoms. The first-order valence-corrected chi connectivity index (χ1v) is 7.69. The van der Waals surface area contributed by atoms with Crippen molar-refractivity contribution in [2.45, 2.75) is 32.2 Å². The zero-order valence-corrected chi connectivity index (χ0v) is 13.6. The minimum Gasteiger partial charge on any atom is -0.467 e. The number of aliphatic hydroxyl groups excluding tert-OH is 1. The van der Waals surface area contributed by atoms with E-state index in [-0.39, 0.29) is 6.04 Å². The predicted molar refractivity (Wildman–Crippen MR) is 89.6 cm³/mol. The Bertz CT molecular complexity index is 559. The van der Waals surface area contributed by atoms with Crippen molar-refractivity contribution in [3.05, 3.63) is 71.8 Å². The third-order valence-electron chi connectivity index (χ3n) is 3.93. The van der Waals surface area contributed by atoms with Crippen LogP contribution in [-0.4, -0.2) is 35.2 Å². The van der Waals surface area contributed by atoms with E-state index in [0.717, 1.165) is 11.1 Å². The Kier molecular flexibility index (Phi) is 6.32. The number of hydrogen-bond donors (Lipinski definition) is 1. The molecule has 0 spiro atoms. The molecule has 2 atom stereocenters. The van der Waals surface area contributed by atoms with Crippen LogP contribution >= 0.6 is 0 Å². The number of methoxy groups -OCH3 is 1. The molecule has 4 nitrogen and oxygen atoms in total. The number of nitrogens with zero attached hydrogens (tertiary/aromatic N) is 1. The van der Waals surface area contributed by atoms with E-state index in [2.05, 4.69) is 9.64 Å². The fraction of sp³-hybridized carbons (Fsp3) is 0.316. The molecule has 0 aliphatic carbocycles. The molecule has 0 amide bonds. The van der Waals surface area contributed by atoms with Crippen molar-refractivity contribution in [1.82, 2.24) is 4.90 Å². The molecule has 0 saturated heterocycles. The number of benzene rings is 2. The summed E-state index contributed by atoms with van der Waals surface area (Å²) in [7, 11) is 1.29. The number of carbonyl (C=O) groups is 1. The molecule has 0 bridgehead atoms. The predicted octanol–water partition coefficient (Wildman–Crippen LogP) is 2.61. The van der Waals surface area contributed by atoms with Gasteiger partial charge in [-0.2, -0.15) is 0 Å². The van der Waals surface area contributed by atoms with Crippen LogP contribution in [0.1, 0.15) is 18.1 Å². The van der Waals surface area contributed by atoms with Crippen molar-refractivity contribution in [1.29, 1.82) is 0 Å². The molecule has 0 saturated carbocycles. The summed E-state index contributed by atoms with van der Waals surface area (Å²) in [6, 6.07) is 19.7. The summed E-state index contributed by atoms with van der Waals surface area (Å²) in [4.78, 5) is 13.7. The minimum absolute atomic E-state index is 0.358. The van der Waals surface area contributed by atoms with Crippen LogP contribution in [0.2, 0.25) is 0 Å². The maximum Gasteiger partial charge on any atom is 0.336 e. The summed E-state index contributed by atoms with van der Waals surface area (Å²) < 4.78 is 4.67. The van der Waals surface area contributed by atoms with Crippen molar-refractivity contribution >= 4 is 5.97 Å². The van der Waals surface area contributed by atoms with Gasteiger partial charge in [0.15, 0.2) is 6.10 Å². The van der Waals surface area contributed by atoms with Crippen LogP contribution in [0.3, 0.4) is 0 Å². The Hall–Kier alpha value is -2.17. The van der Waals surface area contributed by atoms with E-state index in [0.29, 0.717) is 13.1 Å². The molecular formula is C19H23NO3. The number of rotatable bonds is 7. The van der Waals surface area contributed by atoms with Crippen molar-refractivity contribution in [3.63, 3.8) is 0 Å². The van der Waals surface area contributed by atoms with Crippen LogP contribution in [0.25, 0.3) is 0 Å². The second-order valence-corrected chi connectivity index (χ2v) is 5.58. The van der Waals surface area contributed by atoms with E-state index in [1.165, 1.54) is 7.11 Å². The second-order valence-electron chi connectivity index (χ2n) is 5.58. The lowest BCUT2D eigenvalue weighted by molar-refractivity contribution is -0.154. The van der Waals surface area contributed by atoms with E-state index >= 15 is 0 Å². The highest BCUT2D eigenvalue weighted by atomic mass is 16.5. The van der Waals surface area contributed by atoms with Crippen molar-refractivity contribution in [3.8, 4) is 0 Å². The Labute approximate surface area is 137 Å². The number of hydrogen-bond acceptors (Lipinski definition) is 4. The van der Waals surface area contributed by atoms with Gasteiger partial charge in [0.05, 0.1) is 7.11 Å². The standard InChI is InChI=1S/C19H23NO3/c1-15(18(21)19(22)23-2)20(13-16-9-5-3-6-10-16)14-17-11-7-4-8-12-17/h3-12,15,18,21H,13-14H2,1-2H3/t15-,18?/m0/s1. The maximum atomic E-state index is 11.7. The van der Waals surface area contributed by atoms with Gasteiger partial charge in [-0.3, -0.25) is 4.90 Å². The molecule has 1 unspecified atom stereocenters. The molecule has 0 fully saturated rings. The Morgan fingerprint density at radius 3 is 1.83 bits per heavy atom. The Morgan fingerprint density at radius 2 is 1.43 bits per heavy atom. The first-order valence-electron chi connectivity index (χ1n) is 7.69. The number of esters is 1. The van der Waals surface area contributed by atoms with Gasteiger partial charge in [-0.05, 0) is 18.1 Å². The van der Waals surface area contributed by atoms with E-state index in [4.69, 9.17) is 0 Å². The average molecular weight is 313 g/mol. The molecule has 2 aromatic carbocycles. The van der Waals surface area contributed by atoms with Gasteiger partial charge in [-0.1, -0.05) is 60.7 Å². The van der Waals surface area contributed by atoms with Gasteiger partial charge in [0.2, 0.25) is 0 Å². The largest absolute Gasteiger partial charge is 0.467 e. The van der Waals surface area contributed by atoms with Crippen LogP contribution in [0, 0.1) is 0 Å². The molecule has 122 valence electrons. The zero-order valence-electron chi connectivity index (χ0n) is 13.6. The van der Waals surface area contributed by atoms with Crippen molar-refractivity contribution in [2.75, 3.05) is 7.11 Å². The van der Waals surface area contributed by atoms with Crippen LogP contribution in [0.15, 0.2) is 60.7 Å². The molecule has 2 aromatic rings. The minimum atomic E-state index is -1.17. The quantitative estimate of drug-likeness (QED) is 0.798. The fourth-order valence-electron chi connectivity index (χ4n) is 2.50. The highest BCUT2D eigenvalue weighted by molar-refractivity contribution is 5.75. The molecule has 0 aliphatic rings. The molecule has 0 radical (unpaired) electrons. The van der Waals surface area contributed by atoms with Gasteiger partial charge in [0.25, 0.3) is 0 Å². The molecular weight excluding hydrogens is 290 g/mol. The average Bonchev–Trinajstić information content (AvgIpc) is 2.61. The van der Waals surface area contributed by atoms with Crippen LogP contribution in [-0.2, 0) is 22.6 Å². The Morgan fingerprint density at radius 1 is 1.00 bits per heavy atom. The fourth-order valence-corrected chi connectivity index (χ4v) is 2.50. The SMILES string of the molecule is COC(=O)C(O)[C@H](C)N(Cc1ccccc1)Cc1ccccc1. The molecule has 2 rings (SSSR count).